The molecule has 2 fully saturated rings. The first-order valence-electron chi connectivity index (χ1n) is 10.5. The first kappa shape index (κ1) is 21.3. The Kier molecular flexibility index (Phi) is 6.16. The van der Waals surface area contributed by atoms with Crippen LogP contribution in [0.15, 0.2) is 48.7 Å². The molecule has 1 aliphatic carbocycles. The molecule has 1 amide bonds. The van der Waals surface area contributed by atoms with Gasteiger partial charge in [0.05, 0.1) is 10.5 Å². The van der Waals surface area contributed by atoms with Gasteiger partial charge in [0.25, 0.3) is 0 Å². The average Bonchev–Trinajstić information content (AvgIpc) is 2.82. The third kappa shape index (κ3) is 4.26. The van der Waals surface area contributed by atoms with Crippen molar-refractivity contribution in [2.75, 3.05) is 12.3 Å². The molecule has 2 aromatic rings. The molecule has 0 radical (unpaired) electrons. The molecule has 30 heavy (non-hydrogen) atoms. The van der Waals surface area contributed by atoms with Crippen LogP contribution in [-0.4, -0.2) is 41.3 Å². The third-order valence-electron chi connectivity index (χ3n) is 6.69. The van der Waals surface area contributed by atoms with Gasteiger partial charge in [-0.1, -0.05) is 60.8 Å². The molecule has 5 nitrogen and oxygen atoms in total. The Balaban J connectivity index is 1.61. The maximum absolute atomic E-state index is 13.6. The van der Waals surface area contributed by atoms with E-state index >= 15 is 0 Å². The molecule has 1 aromatic carbocycles. The van der Waals surface area contributed by atoms with Crippen molar-refractivity contribution >= 4 is 27.3 Å². The van der Waals surface area contributed by atoms with E-state index in [2.05, 4.69) is 4.98 Å². The van der Waals surface area contributed by atoms with Crippen molar-refractivity contribution in [1.82, 2.24) is 9.88 Å². The summed E-state index contributed by atoms with van der Waals surface area (Å²) >= 11 is 5.86. The SMILES string of the molecule is O=C1CC2(CCCCC2Cc2ccccc2)S(=O)(=O)CCN1Cc1ccc(Cl)nc1. The number of carbonyl (C=O) groups excluding carboxylic acids is 1. The summed E-state index contributed by atoms with van der Waals surface area (Å²) < 4.78 is 26.2. The van der Waals surface area contributed by atoms with E-state index in [-0.39, 0.29) is 30.5 Å². The Morgan fingerprint density at radius 2 is 1.90 bits per heavy atom. The largest absolute Gasteiger partial charge is 0.337 e. The predicted octanol–water partition coefficient (Wildman–Crippen LogP) is 4.05. The van der Waals surface area contributed by atoms with Gasteiger partial charge < -0.3 is 4.90 Å². The number of hydrogen-bond donors (Lipinski definition) is 0. The van der Waals surface area contributed by atoms with Crippen molar-refractivity contribution in [3.63, 3.8) is 0 Å². The maximum atomic E-state index is 13.6. The van der Waals surface area contributed by atoms with Crippen LogP contribution in [0.1, 0.15) is 43.2 Å². The minimum absolute atomic E-state index is 0.0189. The number of rotatable bonds is 4. The highest BCUT2D eigenvalue weighted by atomic mass is 35.5. The molecule has 0 bridgehead atoms. The Morgan fingerprint density at radius 3 is 2.63 bits per heavy atom. The average molecular weight is 447 g/mol. The van der Waals surface area contributed by atoms with E-state index in [9.17, 15) is 13.2 Å². The number of pyridine rings is 1. The van der Waals surface area contributed by atoms with Gasteiger partial charge in [0.1, 0.15) is 5.15 Å². The molecule has 2 heterocycles. The van der Waals surface area contributed by atoms with E-state index in [1.165, 1.54) is 0 Å². The summed E-state index contributed by atoms with van der Waals surface area (Å²) in [6.07, 6.45) is 5.73. The van der Waals surface area contributed by atoms with Gasteiger partial charge in [-0.25, -0.2) is 13.4 Å². The standard InChI is InChI=1S/C23H27ClN2O3S/c24-21-10-9-19(16-25-21)17-26-12-13-30(28,29)23(15-22(26)27)11-5-4-8-20(23)14-18-6-2-1-3-7-18/h1-3,6-7,9-10,16,20H,4-5,8,11-15,17H2. The van der Waals surface area contributed by atoms with E-state index in [1.807, 2.05) is 36.4 Å². The summed E-state index contributed by atoms with van der Waals surface area (Å²) in [5.74, 6) is -0.0869. The van der Waals surface area contributed by atoms with Crippen molar-refractivity contribution in [2.45, 2.75) is 49.8 Å². The molecule has 2 unspecified atom stereocenters. The number of benzene rings is 1. The molecule has 4 rings (SSSR count). The molecular weight excluding hydrogens is 420 g/mol. The zero-order chi connectivity index (χ0) is 21.2. The van der Waals surface area contributed by atoms with Gasteiger partial charge in [-0.05, 0) is 42.4 Å². The van der Waals surface area contributed by atoms with E-state index in [4.69, 9.17) is 11.6 Å². The topological polar surface area (TPSA) is 67.3 Å². The maximum Gasteiger partial charge on any atom is 0.224 e. The molecule has 0 N–H and O–H groups in total. The number of sulfone groups is 1. The Morgan fingerprint density at radius 1 is 1.10 bits per heavy atom. The fraction of sp³-hybridized carbons (Fsp3) is 0.478. The summed E-state index contributed by atoms with van der Waals surface area (Å²) in [4.78, 5) is 19.0. The first-order valence-corrected chi connectivity index (χ1v) is 12.6. The van der Waals surface area contributed by atoms with Crippen molar-refractivity contribution in [3.8, 4) is 0 Å². The van der Waals surface area contributed by atoms with Gasteiger partial charge in [0, 0.05) is 25.7 Å². The highest BCUT2D eigenvalue weighted by Crippen LogP contribution is 2.46. The summed E-state index contributed by atoms with van der Waals surface area (Å²) in [7, 11) is -3.42. The van der Waals surface area contributed by atoms with Crippen LogP contribution in [0.25, 0.3) is 0 Å². The highest BCUT2D eigenvalue weighted by molar-refractivity contribution is 7.92. The molecule has 1 aliphatic heterocycles. The Labute approximate surface area is 183 Å². The van der Waals surface area contributed by atoms with Crippen LogP contribution in [-0.2, 0) is 27.6 Å². The number of hydrogen-bond acceptors (Lipinski definition) is 4. The molecule has 7 heteroatoms. The van der Waals surface area contributed by atoms with E-state index < -0.39 is 14.6 Å². The van der Waals surface area contributed by atoms with E-state index in [1.54, 1.807) is 17.2 Å². The summed E-state index contributed by atoms with van der Waals surface area (Å²) in [5.41, 5.74) is 1.99. The lowest BCUT2D eigenvalue weighted by Crippen LogP contribution is -2.50. The summed E-state index contributed by atoms with van der Waals surface area (Å²) in [6.45, 7) is 0.585. The second-order valence-electron chi connectivity index (χ2n) is 8.50. The monoisotopic (exact) mass is 446 g/mol. The van der Waals surface area contributed by atoms with Crippen LogP contribution in [0, 0.1) is 5.92 Å². The normalized spacial score (nSPS) is 26.5. The molecule has 1 spiro atoms. The van der Waals surface area contributed by atoms with Crippen molar-refractivity contribution in [1.29, 1.82) is 0 Å². The molecule has 160 valence electrons. The van der Waals surface area contributed by atoms with E-state index in [0.29, 0.717) is 24.5 Å². The fourth-order valence-corrected chi connectivity index (χ4v) is 7.52. The second kappa shape index (κ2) is 8.67. The van der Waals surface area contributed by atoms with Crippen LogP contribution >= 0.6 is 11.6 Å². The van der Waals surface area contributed by atoms with Gasteiger partial charge >= 0.3 is 0 Å². The highest BCUT2D eigenvalue weighted by Gasteiger charge is 2.53. The van der Waals surface area contributed by atoms with Crippen LogP contribution in [0.3, 0.4) is 0 Å². The smallest absolute Gasteiger partial charge is 0.224 e. The quantitative estimate of drug-likeness (QED) is 0.664. The predicted molar refractivity (Wildman–Crippen MR) is 118 cm³/mol. The van der Waals surface area contributed by atoms with Crippen molar-refractivity contribution in [3.05, 3.63) is 64.9 Å². The molecule has 1 saturated heterocycles. The lowest BCUT2D eigenvalue weighted by Gasteiger charge is -2.42. The van der Waals surface area contributed by atoms with Gasteiger partial charge in [-0.2, -0.15) is 0 Å². The van der Waals surface area contributed by atoms with Gasteiger partial charge in [-0.15, -0.1) is 0 Å². The van der Waals surface area contributed by atoms with Crippen LogP contribution in [0.2, 0.25) is 5.15 Å². The Bertz CT molecular complexity index is 995. The van der Waals surface area contributed by atoms with Crippen LogP contribution in [0.5, 0.6) is 0 Å². The minimum Gasteiger partial charge on any atom is -0.337 e. The summed E-state index contributed by atoms with van der Waals surface area (Å²) in [5, 5.41) is 0.397. The molecule has 2 aliphatic rings. The summed E-state index contributed by atoms with van der Waals surface area (Å²) in [6, 6.07) is 13.6. The van der Waals surface area contributed by atoms with Crippen molar-refractivity contribution < 1.29 is 13.2 Å². The molecular formula is C23H27ClN2O3S. The Hall–Kier alpha value is -1.92. The first-order chi connectivity index (χ1) is 14.4. The van der Waals surface area contributed by atoms with Gasteiger partial charge in [-0.3, -0.25) is 4.79 Å². The minimum atomic E-state index is -3.42. The number of halogens is 1. The lowest BCUT2D eigenvalue weighted by atomic mass is 9.73. The lowest BCUT2D eigenvalue weighted by molar-refractivity contribution is -0.132. The molecule has 2 atom stereocenters. The fourth-order valence-electron chi connectivity index (χ4n) is 5.03. The second-order valence-corrected chi connectivity index (χ2v) is 11.3. The van der Waals surface area contributed by atoms with Gasteiger partial charge in [0.2, 0.25) is 5.91 Å². The number of nitrogens with zero attached hydrogens (tertiary/aromatic N) is 2. The van der Waals surface area contributed by atoms with Crippen LogP contribution in [0.4, 0.5) is 0 Å². The van der Waals surface area contributed by atoms with E-state index in [0.717, 1.165) is 30.4 Å². The third-order valence-corrected chi connectivity index (χ3v) is 9.55. The number of amides is 1. The zero-order valence-corrected chi connectivity index (χ0v) is 18.5. The molecule has 1 aromatic heterocycles. The van der Waals surface area contributed by atoms with Gasteiger partial charge in [0.15, 0.2) is 9.84 Å². The zero-order valence-electron chi connectivity index (χ0n) is 17.0. The molecule has 1 saturated carbocycles. The number of aromatic nitrogens is 1. The van der Waals surface area contributed by atoms with Crippen LogP contribution < -0.4 is 0 Å². The number of carbonyl (C=O) groups is 1. The van der Waals surface area contributed by atoms with Crippen molar-refractivity contribution in [2.24, 2.45) is 5.92 Å².